The van der Waals surface area contributed by atoms with Crippen LogP contribution in [0.25, 0.3) is 0 Å². The van der Waals surface area contributed by atoms with E-state index in [0.717, 1.165) is 0 Å². The predicted octanol–water partition coefficient (Wildman–Crippen LogP) is 3.70. The van der Waals surface area contributed by atoms with Crippen LogP contribution in [0.1, 0.15) is 40.0 Å². The standard InChI is InChI=1S/C19H23FN2O4.C2H6/c1-3-16(18(23)22-13(2)5-10-17(22)19(24)25)21-11-4-12-26-15-8-6-14(20)7-9-15;1-2/h3,6-9,17,21H,2,4-5,10-12H2,1H3,(H,24,25);1-2H3/b16-3+;. The van der Waals surface area contributed by atoms with Gasteiger partial charge in [0.2, 0.25) is 0 Å². The van der Waals surface area contributed by atoms with Crippen LogP contribution in [0, 0.1) is 5.82 Å². The van der Waals surface area contributed by atoms with E-state index in [9.17, 15) is 19.1 Å². The van der Waals surface area contributed by atoms with Gasteiger partial charge >= 0.3 is 5.97 Å². The van der Waals surface area contributed by atoms with Gasteiger partial charge in [0.1, 0.15) is 17.6 Å². The van der Waals surface area contributed by atoms with Gasteiger partial charge < -0.3 is 15.2 Å². The van der Waals surface area contributed by atoms with Crippen LogP contribution >= 0.6 is 0 Å². The Morgan fingerprint density at radius 3 is 2.57 bits per heavy atom. The van der Waals surface area contributed by atoms with Crippen molar-refractivity contribution in [3.05, 3.63) is 54.1 Å². The molecule has 1 unspecified atom stereocenters. The zero-order valence-electron chi connectivity index (χ0n) is 16.7. The Morgan fingerprint density at radius 1 is 1.36 bits per heavy atom. The molecule has 7 heteroatoms. The summed E-state index contributed by atoms with van der Waals surface area (Å²) >= 11 is 0. The number of allylic oxidation sites excluding steroid dienone is 2. The third kappa shape index (κ3) is 6.40. The first-order valence-electron chi connectivity index (χ1n) is 9.46. The van der Waals surface area contributed by atoms with Gasteiger partial charge in [-0.25, -0.2) is 9.18 Å². The van der Waals surface area contributed by atoms with E-state index in [-0.39, 0.29) is 11.7 Å². The molecule has 6 nitrogen and oxygen atoms in total. The number of carboxylic acids is 1. The van der Waals surface area contributed by atoms with E-state index in [4.69, 9.17) is 4.74 Å². The summed E-state index contributed by atoms with van der Waals surface area (Å²) in [6.07, 6.45) is 3.10. The number of nitrogens with one attached hydrogen (secondary N) is 1. The van der Waals surface area contributed by atoms with Crippen LogP contribution in [0.2, 0.25) is 0 Å². The Balaban J connectivity index is 0.00000190. The van der Waals surface area contributed by atoms with Crippen molar-refractivity contribution in [1.82, 2.24) is 10.2 Å². The summed E-state index contributed by atoms with van der Waals surface area (Å²) in [4.78, 5) is 25.2. The number of halogens is 1. The van der Waals surface area contributed by atoms with Crippen molar-refractivity contribution in [3.8, 4) is 5.75 Å². The van der Waals surface area contributed by atoms with E-state index in [2.05, 4.69) is 11.9 Å². The molecule has 1 fully saturated rings. The van der Waals surface area contributed by atoms with Crippen LogP contribution in [0.3, 0.4) is 0 Å². The molecule has 0 aromatic heterocycles. The molecule has 28 heavy (non-hydrogen) atoms. The number of carbonyl (C=O) groups is 2. The lowest BCUT2D eigenvalue weighted by atomic mass is 10.2. The number of hydrogen-bond acceptors (Lipinski definition) is 4. The first kappa shape index (κ1) is 23.2. The second-order valence-corrected chi connectivity index (χ2v) is 5.92. The van der Waals surface area contributed by atoms with Crippen molar-refractivity contribution in [2.24, 2.45) is 0 Å². The summed E-state index contributed by atoms with van der Waals surface area (Å²) in [5, 5.41) is 12.3. The number of carbonyl (C=O) groups excluding carboxylic acids is 1. The molecule has 1 aliphatic heterocycles. The lowest BCUT2D eigenvalue weighted by Crippen LogP contribution is -2.42. The molecule has 1 atom stereocenters. The summed E-state index contributed by atoms with van der Waals surface area (Å²) in [6, 6.07) is 4.88. The van der Waals surface area contributed by atoms with Crippen LogP contribution in [-0.4, -0.2) is 41.1 Å². The summed E-state index contributed by atoms with van der Waals surface area (Å²) in [7, 11) is 0. The van der Waals surface area contributed by atoms with Gasteiger partial charge in [-0.05, 0) is 50.5 Å². The van der Waals surface area contributed by atoms with Crippen molar-refractivity contribution in [3.63, 3.8) is 0 Å². The summed E-state index contributed by atoms with van der Waals surface area (Å²) < 4.78 is 18.3. The van der Waals surface area contributed by atoms with E-state index in [0.29, 0.717) is 49.6 Å². The number of nitrogens with zero attached hydrogens (tertiary/aromatic N) is 1. The molecule has 1 aromatic carbocycles. The molecule has 0 spiro atoms. The molecule has 1 amide bonds. The summed E-state index contributed by atoms with van der Waals surface area (Å²) in [5.74, 6) is -1.16. The minimum Gasteiger partial charge on any atom is -0.494 e. The molecule has 1 saturated heterocycles. The molecule has 154 valence electrons. The molecule has 2 rings (SSSR count). The number of rotatable bonds is 8. The van der Waals surface area contributed by atoms with Crippen LogP contribution in [-0.2, 0) is 9.59 Å². The number of likely N-dealkylation sites (tertiary alicyclic amines) is 1. The SMILES string of the molecule is C=C1CCC(C(=O)O)N1C(=O)/C(=C\C)NCCCOc1ccc(F)cc1.CC. The Bertz CT molecular complexity index is 701. The van der Waals surface area contributed by atoms with Gasteiger partial charge in [-0.1, -0.05) is 26.5 Å². The fraction of sp³-hybridized carbons (Fsp3) is 0.429. The second kappa shape index (κ2) is 11.8. The Morgan fingerprint density at radius 2 is 2.00 bits per heavy atom. The van der Waals surface area contributed by atoms with Crippen molar-refractivity contribution < 1.29 is 23.8 Å². The molecule has 1 heterocycles. The number of carboxylic acid groups (broad SMARTS) is 1. The summed E-state index contributed by atoms with van der Waals surface area (Å²) in [6.45, 7) is 10.4. The van der Waals surface area contributed by atoms with Gasteiger partial charge in [0.05, 0.1) is 12.3 Å². The first-order chi connectivity index (χ1) is 13.4. The zero-order chi connectivity index (χ0) is 21.1. The van der Waals surface area contributed by atoms with Crippen LogP contribution in [0.15, 0.2) is 48.3 Å². The second-order valence-electron chi connectivity index (χ2n) is 5.92. The number of benzene rings is 1. The molecule has 2 N–H and O–H groups in total. The average molecular weight is 392 g/mol. The number of aliphatic carboxylic acids is 1. The molecule has 0 saturated carbocycles. The summed E-state index contributed by atoms with van der Waals surface area (Å²) in [5.41, 5.74) is 0.851. The van der Waals surface area contributed by atoms with E-state index >= 15 is 0 Å². The minimum absolute atomic E-state index is 0.321. The minimum atomic E-state index is -1.03. The van der Waals surface area contributed by atoms with Crippen LogP contribution in [0.5, 0.6) is 5.75 Å². The fourth-order valence-corrected chi connectivity index (χ4v) is 2.74. The highest BCUT2D eigenvalue weighted by atomic mass is 19.1. The molecule has 1 aromatic rings. The van der Waals surface area contributed by atoms with Gasteiger partial charge in [-0.2, -0.15) is 0 Å². The highest BCUT2D eigenvalue weighted by Gasteiger charge is 2.37. The van der Waals surface area contributed by atoms with Gasteiger partial charge in [-0.15, -0.1) is 0 Å². The lowest BCUT2D eigenvalue weighted by Gasteiger charge is -2.24. The normalized spacial score (nSPS) is 16.3. The molecule has 0 bridgehead atoms. The van der Waals surface area contributed by atoms with Crippen LogP contribution in [0.4, 0.5) is 4.39 Å². The third-order valence-electron chi connectivity index (χ3n) is 4.10. The van der Waals surface area contributed by atoms with Gasteiger partial charge in [-0.3, -0.25) is 9.69 Å². The maximum absolute atomic E-state index is 12.8. The first-order valence-corrected chi connectivity index (χ1v) is 9.46. The van der Waals surface area contributed by atoms with Crippen molar-refractivity contribution >= 4 is 11.9 Å². The average Bonchev–Trinajstić information content (AvgIpc) is 3.09. The number of hydrogen-bond donors (Lipinski definition) is 2. The van der Waals surface area contributed by atoms with E-state index in [1.165, 1.54) is 17.0 Å². The van der Waals surface area contributed by atoms with Crippen molar-refractivity contribution in [2.75, 3.05) is 13.2 Å². The molecule has 0 aliphatic carbocycles. The largest absolute Gasteiger partial charge is 0.494 e. The fourth-order valence-electron chi connectivity index (χ4n) is 2.74. The third-order valence-corrected chi connectivity index (χ3v) is 4.10. The smallest absolute Gasteiger partial charge is 0.326 e. The molecular formula is C21H29FN2O4. The maximum atomic E-state index is 12.8. The zero-order valence-corrected chi connectivity index (χ0v) is 16.7. The predicted molar refractivity (Wildman–Crippen MR) is 106 cm³/mol. The monoisotopic (exact) mass is 392 g/mol. The van der Waals surface area contributed by atoms with Gasteiger partial charge in [0.15, 0.2) is 0 Å². The Hall–Kier alpha value is -2.83. The Labute approximate surface area is 165 Å². The van der Waals surface area contributed by atoms with Gasteiger partial charge in [0.25, 0.3) is 5.91 Å². The lowest BCUT2D eigenvalue weighted by molar-refractivity contribution is -0.146. The van der Waals surface area contributed by atoms with Crippen LogP contribution < -0.4 is 10.1 Å². The van der Waals surface area contributed by atoms with E-state index < -0.39 is 12.0 Å². The topological polar surface area (TPSA) is 78.9 Å². The Kier molecular flexibility index (Phi) is 9.78. The number of ether oxygens (including phenoxy) is 1. The van der Waals surface area contributed by atoms with E-state index in [1.54, 1.807) is 25.1 Å². The highest BCUT2D eigenvalue weighted by molar-refractivity contribution is 5.97. The van der Waals surface area contributed by atoms with Crippen molar-refractivity contribution in [2.45, 2.75) is 46.1 Å². The quantitative estimate of drug-likeness (QED) is 0.521. The molecule has 1 aliphatic rings. The van der Waals surface area contributed by atoms with Crippen molar-refractivity contribution in [1.29, 1.82) is 0 Å². The van der Waals surface area contributed by atoms with E-state index in [1.807, 2.05) is 13.8 Å². The highest BCUT2D eigenvalue weighted by Crippen LogP contribution is 2.27. The maximum Gasteiger partial charge on any atom is 0.326 e. The molecular weight excluding hydrogens is 363 g/mol. The molecule has 0 radical (unpaired) electrons. The van der Waals surface area contributed by atoms with Gasteiger partial charge in [0, 0.05) is 12.2 Å². The number of amides is 1.